The number of rotatable bonds is 4. The van der Waals surface area contributed by atoms with Crippen LogP contribution in [0.5, 0.6) is 0 Å². The Labute approximate surface area is 128 Å². The van der Waals surface area contributed by atoms with Crippen LogP contribution in [-0.2, 0) is 9.59 Å². The lowest BCUT2D eigenvalue weighted by atomic mass is 10.1. The van der Waals surface area contributed by atoms with Crippen molar-refractivity contribution >= 4 is 17.5 Å². The number of piperazine rings is 1. The number of nitrogens with zero attached hydrogens (tertiary/aromatic N) is 2. The van der Waals surface area contributed by atoms with Gasteiger partial charge in [-0.25, -0.2) is 0 Å². The zero-order valence-electron chi connectivity index (χ0n) is 12.5. The number of para-hydroxylation sites is 1. The number of aryl methyl sites for hydroxylation is 1. The molecule has 7 nitrogen and oxygen atoms in total. The quantitative estimate of drug-likeness (QED) is 0.651. The van der Waals surface area contributed by atoms with E-state index >= 15 is 0 Å². The van der Waals surface area contributed by atoms with Crippen molar-refractivity contribution in [3.63, 3.8) is 0 Å². The van der Waals surface area contributed by atoms with E-state index in [-0.39, 0.29) is 0 Å². The van der Waals surface area contributed by atoms with E-state index in [9.17, 15) is 19.8 Å². The number of benzene rings is 1. The third-order valence-corrected chi connectivity index (χ3v) is 3.89. The van der Waals surface area contributed by atoms with Gasteiger partial charge in [-0.3, -0.25) is 9.59 Å². The third-order valence-electron chi connectivity index (χ3n) is 3.89. The molecule has 0 radical (unpaired) electrons. The number of primary amides is 1. The fraction of sp³-hybridized carbons (Fsp3) is 0.467. The summed E-state index contributed by atoms with van der Waals surface area (Å²) in [5, 5.41) is 19.1. The third kappa shape index (κ3) is 3.37. The highest BCUT2D eigenvalue weighted by Crippen LogP contribution is 2.21. The summed E-state index contributed by atoms with van der Waals surface area (Å²) < 4.78 is 0. The van der Waals surface area contributed by atoms with Crippen LogP contribution in [0.3, 0.4) is 0 Å². The zero-order chi connectivity index (χ0) is 16.3. The Morgan fingerprint density at radius 2 is 1.68 bits per heavy atom. The molecule has 22 heavy (non-hydrogen) atoms. The van der Waals surface area contributed by atoms with Crippen molar-refractivity contribution in [1.82, 2.24) is 4.90 Å². The molecule has 0 aliphatic carbocycles. The smallest absolute Gasteiger partial charge is 0.254 e. The second-order valence-corrected chi connectivity index (χ2v) is 5.39. The Morgan fingerprint density at radius 1 is 1.09 bits per heavy atom. The van der Waals surface area contributed by atoms with Crippen LogP contribution in [0.4, 0.5) is 5.69 Å². The molecule has 1 aromatic rings. The van der Waals surface area contributed by atoms with E-state index < -0.39 is 24.0 Å². The van der Waals surface area contributed by atoms with Crippen molar-refractivity contribution in [3.05, 3.63) is 29.8 Å². The normalized spacial score (nSPS) is 18.0. The maximum absolute atomic E-state index is 12.0. The Hall–Kier alpha value is -2.12. The molecule has 7 heteroatoms. The van der Waals surface area contributed by atoms with Gasteiger partial charge in [0.1, 0.15) is 0 Å². The Kier molecular flexibility index (Phi) is 4.99. The first kappa shape index (κ1) is 16.3. The van der Waals surface area contributed by atoms with Gasteiger partial charge in [0.2, 0.25) is 5.91 Å². The van der Waals surface area contributed by atoms with Crippen molar-refractivity contribution in [2.75, 3.05) is 31.1 Å². The average Bonchev–Trinajstić information content (AvgIpc) is 2.53. The molecule has 1 aromatic carbocycles. The summed E-state index contributed by atoms with van der Waals surface area (Å²) in [4.78, 5) is 26.5. The summed E-state index contributed by atoms with van der Waals surface area (Å²) in [6, 6.07) is 7.99. The van der Waals surface area contributed by atoms with Gasteiger partial charge < -0.3 is 25.7 Å². The van der Waals surface area contributed by atoms with Crippen molar-refractivity contribution in [1.29, 1.82) is 0 Å². The lowest BCUT2D eigenvalue weighted by Crippen LogP contribution is -2.55. The molecule has 1 heterocycles. The number of carbonyl (C=O) groups is 2. The number of aliphatic hydroxyl groups is 2. The van der Waals surface area contributed by atoms with Crippen LogP contribution in [0.15, 0.2) is 24.3 Å². The highest BCUT2D eigenvalue weighted by molar-refractivity contribution is 5.90. The van der Waals surface area contributed by atoms with E-state index in [4.69, 9.17) is 5.73 Å². The zero-order valence-corrected chi connectivity index (χ0v) is 12.5. The molecule has 2 rings (SSSR count). The van der Waals surface area contributed by atoms with E-state index in [0.29, 0.717) is 26.2 Å². The molecule has 1 aliphatic rings. The van der Waals surface area contributed by atoms with Crippen LogP contribution < -0.4 is 10.6 Å². The van der Waals surface area contributed by atoms with E-state index in [1.54, 1.807) is 0 Å². The maximum atomic E-state index is 12.0. The number of hydrogen-bond donors (Lipinski definition) is 3. The van der Waals surface area contributed by atoms with Crippen LogP contribution >= 0.6 is 0 Å². The molecule has 120 valence electrons. The Morgan fingerprint density at radius 3 is 2.23 bits per heavy atom. The molecule has 0 unspecified atom stereocenters. The van der Waals surface area contributed by atoms with Crippen LogP contribution in [0, 0.1) is 6.92 Å². The molecular weight excluding hydrogens is 286 g/mol. The van der Waals surface area contributed by atoms with Gasteiger partial charge in [-0.2, -0.15) is 0 Å². The predicted molar refractivity (Wildman–Crippen MR) is 81.2 cm³/mol. The highest BCUT2D eigenvalue weighted by atomic mass is 16.3. The molecule has 1 fully saturated rings. The lowest BCUT2D eigenvalue weighted by molar-refractivity contribution is -0.152. The van der Waals surface area contributed by atoms with E-state index in [2.05, 4.69) is 4.90 Å². The minimum absolute atomic E-state index is 0.412. The van der Waals surface area contributed by atoms with Crippen molar-refractivity contribution in [2.45, 2.75) is 19.1 Å². The van der Waals surface area contributed by atoms with E-state index in [1.807, 2.05) is 31.2 Å². The largest absolute Gasteiger partial charge is 0.380 e. The Bertz CT molecular complexity index is 555. The SMILES string of the molecule is Cc1ccccc1N1CCN(C(=O)[C@H](O)[C@@H](O)C(N)=O)CC1. The topological polar surface area (TPSA) is 107 Å². The van der Waals surface area contributed by atoms with Crippen LogP contribution in [0.2, 0.25) is 0 Å². The van der Waals surface area contributed by atoms with Gasteiger partial charge in [0.05, 0.1) is 0 Å². The lowest BCUT2D eigenvalue weighted by Gasteiger charge is -2.37. The molecule has 0 aromatic heterocycles. The number of aliphatic hydroxyl groups excluding tert-OH is 2. The van der Waals surface area contributed by atoms with Gasteiger partial charge in [0.25, 0.3) is 5.91 Å². The number of amides is 2. The van der Waals surface area contributed by atoms with Crippen LogP contribution in [0.25, 0.3) is 0 Å². The van der Waals surface area contributed by atoms with Gasteiger partial charge in [0, 0.05) is 31.9 Å². The van der Waals surface area contributed by atoms with Gasteiger partial charge in [0.15, 0.2) is 12.2 Å². The molecule has 4 N–H and O–H groups in total. The van der Waals surface area contributed by atoms with E-state index in [0.717, 1.165) is 11.3 Å². The Balaban J connectivity index is 1.96. The fourth-order valence-corrected chi connectivity index (χ4v) is 2.56. The van der Waals surface area contributed by atoms with Gasteiger partial charge >= 0.3 is 0 Å². The van der Waals surface area contributed by atoms with Crippen molar-refractivity contribution in [3.8, 4) is 0 Å². The summed E-state index contributed by atoms with van der Waals surface area (Å²) in [5.41, 5.74) is 7.17. The highest BCUT2D eigenvalue weighted by Gasteiger charge is 2.33. The molecule has 2 amide bonds. The first-order valence-electron chi connectivity index (χ1n) is 7.16. The van der Waals surface area contributed by atoms with Crippen LogP contribution in [0.1, 0.15) is 5.56 Å². The predicted octanol–water partition coefficient (Wildman–Crippen LogP) is -1.15. The fourth-order valence-electron chi connectivity index (χ4n) is 2.56. The number of nitrogens with two attached hydrogens (primary N) is 1. The molecular formula is C15H21N3O4. The van der Waals surface area contributed by atoms with Gasteiger partial charge in [-0.1, -0.05) is 18.2 Å². The second-order valence-electron chi connectivity index (χ2n) is 5.39. The monoisotopic (exact) mass is 307 g/mol. The summed E-state index contributed by atoms with van der Waals surface area (Å²) in [6.45, 7) is 4.09. The summed E-state index contributed by atoms with van der Waals surface area (Å²) >= 11 is 0. The molecule has 0 saturated carbocycles. The molecule has 0 bridgehead atoms. The summed E-state index contributed by atoms with van der Waals surface area (Å²) in [5.74, 6) is -1.78. The number of hydrogen-bond acceptors (Lipinski definition) is 5. The first-order valence-corrected chi connectivity index (χ1v) is 7.16. The summed E-state index contributed by atoms with van der Waals surface area (Å²) in [6.07, 6.45) is -3.68. The van der Waals surface area contributed by atoms with Crippen molar-refractivity contribution < 1.29 is 19.8 Å². The van der Waals surface area contributed by atoms with Gasteiger partial charge in [-0.15, -0.1) is 0 Å². The molecule has 1 saturated heterocycles. The minimum Gasteiger partial charge on any atom is -0.380 e. The first-order chi connectivity index (χ1) is 10.4. The number of anilines is 1. The second kappa shape index (κ2) is 6.76. The number of carbonyl (C=O) groups excluding carboxylic acids is 2. The summed E-state index contributed by atoms with van der Waals surface area (Å²) in [7, 11) is 0. The molecule has 2 atom stereocenters. The molecule has 1 aliphatic heterocycles. The van der Waals surface area contributed by atoms with Crippen LogP contribution in [-0.4, -0.2) is 65.3 Å². The van der Waals surface area contributed by atoms with Gasteiger partial charge in [-0.05, 0) is 18.6 Å². The minimum atomic E-state index is -1.87. The standard InChI is InChI=1S/C15H21N3O4/c1-10-4-2-3-5-11(10)17-6-8-18(9-7-17)15(22)13(20)12(19)14(16)21/h2-5,12-13,19-20H,6-9H2,1H3,(H2,16,21)/t12-,13-/m1/s1. The van der Waals surface area contributed by atoms with Crippen molar-refractivity contribution in [2.24, 2.45) is 5.73 Å². The average molecular weight is 307 g/mol. The van der Waals surface area contributed by atoms with E-state index in [1.165, 1.54) is 4.90 Å². The molecule has 0 spiro atoms. The maximum Gasteiger partial charge on any atom is 0.254 e.